The Kier molecular flexibility index (Phi) is 5.23. The fourth-order valence-corrected chi connectivity index (χ4v) is 2.86. The zero-order chi connectivity index (χ0) is 17.8. The van der Waals surface area contributed by atoms with Crippen LogP contribution in [0.3, 0.4) is 0 Å². The highest BCUT2D eigenvalue weighted by atomic mass is 19.1. The van der Waals surface area contributed by atoms with Gasteiger partial charge in [0.05, 0.1) is 5.69 Å². The molecule has 0 aliphatic carbocycles. The minimum atomic E-state index is -0.305. The van der Waals surface area contributed by atoms with Crippen molar-refractivity contribution in [2.24, 2.45) is 5.92 Å². The Morgan fingerprint density at radius 2 is 2.08 bits per heavy atom. The van der Waals surface area contributed by atoms with Crippen molar-refractivity contribution in [2.75, 3.05) is 6.54 Å². The van der Waals surface area contributed by atoms with Crippen molar-refractivity contribution in [3.63, 3.8) is 0 Å². The van der Waals surface area contributed by atoms with Crippen LogP contribution in [-0.4, -0.2) is 31.1 Å². The molecule has 1 unspecified atom stereocenters. The maximum absolute atomic E-state index is 14.2. The average Bonchev–Trinajstić information content (AvgIpc) is 3.18. The van der Waals surface area contributed by atoms with Gasteiger partial charge < -0.3 is 5.32 Å². The van der Waals surface area contributed by atoms with E-state index in [0.717, 1.165) is 24.3 Å². The molecule has 0 spiro atoms. The molecule has 132 valence electrons. The Bertz CT molecular complexity index is 824. The van der Waals surface area contributed by atoms with Crippen LogP contribution in [0.15, 0.2) is 36.9 Å². The van der Waals surface area contributed by atoms with Gasteiger partial charge in [-0.15, -0.1) is 0 Å². The summed E-state index contributed by atoms with van der Waals surface area (Å²) in [4.78, 5) is 3.84. The lowest BCUT2D eigenvalue weighted by molar-refractivity contribution is 0.415. The first-order valence-corrected chi connectivity index (χ1v) is 8.38. The number of aromatic nitrogens is 5. The molecule has 1 N–H and O–H groups in total. The summed E-state index contributed by atoms with van der Waals surface area (Å²) in [5.74, 6) is 0.123. The van der Waals surface area contributed by atoms with Gasteiger partial charge in [0.1, 0.15) is 24.2 Å². The van der Waals surface area contributed by atoms with Gasteiger partial charge >= 0.3 is 0 Å². The summed E-state index contributed by atoms with van der Waals surface area (Å²) in [5, 5.41) is 11.8. The monoisotopic (exact) mass is 342 g/mol. The van der Waals surface area contributed by atoms with Crippen molar-refractivity contribution >= 4 is 0 Å². The predicted molar refractivity (Wildman–Crippen MR) is 93.9 cm³/mol. The normalized spacial score (nSPS) is 12.5. The van der Waals surface area contributed by atoms with Crippen LogP contribution in [-0.2, 0) is 13.1 Å². The summed E-state index contributed by atoms with van der Waals surface area (Å²) in [7, 11) is 0. The summed E-state index contributed by atoms with van der Waals surface area (Å²) in [5.41, 5.74) is 3.52. The van der Waals surface area contributed by atoms with Gasteiger partial charge in [-0.05, 0) is 50.1 Å². The molecular formula is C18H23FN6. The summed E-state index contributed by atoms with van der Waals surface area (Å²) >= 11 is 0. The maximum Gasteiger partial charge on any atom is 0.149 e. The zero-order valence-corrected chi connectivity index (χ0v) is 14.8. The van der Waals surface area contributed by atoms with Crippen molar-refractivity contribution in [3.8, 4) is 5.69 Å². The number of hydrogen-bond acceptors (Lipinski definition) is 4. The molecule has 25 heavy (non-hydrogen) atoms. The largest absolute Gasteiger partial charge is 0.312 e. The summed E-state index contributed by atoms with van der Waals surface area (Å²) in [6, 6.07) is 7.24. The third kappa shape index (κ3) is 4.30. The van der Waals surface area contributed by atoms with E-state index in [2.05, 4.69) is 40.4 Å². The van der Waals surface area contributed by atoms with Gasteiger partial charge in [-0.3, -0.25) is 4.68 Å². The fraction of sp³-hybridized carbons (Fsp3) is 0.389. The molecule has 1 aromatic carbocycles. The third-order valence-electron chi connectivity index (χ3n) is 4.09. The predicted octanol–water partition coefficient (Wildman–Crippen LogP) is 2.65. The van der Waals surface area contributed by atoms with E-state index in [-0.39, 0.29) is 5.82 Å². The van der Waals surface area contributed by atoms with E-state index >= 15 is 0 Å². The Morgan fingerprint density at radius 1 is 1.24 bits per heavy atom. The number of halogens is 1. The molecule has 3 rings (SSSR count). The van der Waals surface area contributed by atoms with Gasteiger partial charge in [0.15, 0.2) is 0 Å². The van der Waals surface area contributed by atoms with Crippen molar-refractivity contribution in [3.05, 3.63) is 59.7 Å². The minimum Gasteiger partial charge on any atom is -0.312 e. The van der Waals surface area contributed by atoms with Gasteiger partial charge in [0.25, 0.3) is 0 Å². The first kappa shape index (κ1) is 17.3. The molecule has 0 aliphatic heterocycles. The van der Waals surface area contributed by atoms with Gasteiger partial charge in [0, 0.05) is 18.8 Å². The standard InChI is InChI=1S/C18H23FN6/c1-13(10-24-15(3)6-14(2)23-24)8-20-9-16-4-5-18(17(19)7-16)25-12-21-11-22-25/h4-7,11-13,20H,8-10H2,1-3H3. The van der Waals surface area contributed by atoms with Gasteiger partial charge in [-0.2, -0.15) is 10.2 Å². The molecule has 0 aliphatic rings. The van der Waals surface area contributed by atoms with Crippen molar-refractivity contribution in [2.45, 2.75) is 33.9 Å². The summed E-state index contributed by atoms with van der Waals surface area (Å²) in [6.07, 6.45) is 2.87. The van der Waals surface area contributed by atoms with Gasteiger partial charge in [-0.25, -0.2) is 14.1 Å². The molecule has 2 heterocycles. The molecule has 0 bridgehead atoms. The molecule has 6 nitrogen and oxygen atoms in total. The quantitative estimate of drug-likeness (QED) is 0.717. The summed E-state index contributed by atoms with van der Waals surface area (Å²) < 4.78 is 17.7. The van der Waals surface area contributed by atoms with Crippen molar-refractivity contribution < 1.29 is 4.39 Å². The van der Waals surface area contributed by atoms with Gasteiger partial charge in [0.2, 0.25) is 0 Å². The Hall–Kier alpha value is -2.54. The van der Waals surface area contributed by atoms with Gasteiger partial charge in [-0.1, -0.05) is 13.0 Å². The van der Waals surface area contributed by atoms with Crippen molar-refractivity contribution in [1.29, 1.82) is 0 Å². The van der Waals surface area contributed by atoms with Crippen LogP contribution < -0.4 is 5.32 Å². The van der Waals surface area contributed by atoms with E-state index in [9.17, 15) is 4.39 Å². The maximum atomic E-state index is 14.2. The Morgan fingerprint density at radius 3 is 2.72 bits per heavy atom. The van der Waals surface area contributed by atoms with E-state index in [0.29, 0.717) is 18.2 Å². The number of hydrogen-bond donors (Lipinski definition) is 1. The zero-order valence-electron chi connectivity index (χ0n) is 14.8. The minimum absolute atomic E-state index is 0.305. The highest BCUT2D eigenvalue weighted by Crippen LogP contribution is 2.14. The molecule has 0 radical (unpaired) electrons. The van der Waals surface area contributed by atoms with E-state index in [1.54, 1.807) is 6.07 Å². The topological polar surface area (TPSA) is 60.6 Å². The van der Waals surface area contributed by atoms with Crippen LogP contribution in [0, 0.1) is 25.6 Å². The summed E-state index contributed by atoms with van der Waals surface area (Å²) in [6.45, 7) is 8.58. The third-order valence-corrected chi connectivity index (χ3v) is 4.09. The van der Waals surface area contributed by atoms with Crippen molar-refractivity contribution in [1.82, 2.24) is 29.9 Å². The van der Waals surface area contributed by atoms with E-state index in [1.807, 2.05) is 17.7 Å². The van der Waals surface area contributed by atoms with E-state index in [1.165, 1.54) is 29.1 Å². The molecule has 1 atom stereocenters. The molecular weight excluding hydrogens is 319 g/mol. The number of nitrogens with zero attached hydrogens (tertiary/aromatic N) is 5. The molecule has 0 fully saturated rings. The molecule has 0 saturated heterocycles. The highest BCUT2D eigenvalue weighted by Gasteiger charge is 2.09. The smallest absolute Gasteiger partial charge is 0.149 e. The lowest BCUT2D eigenvalue weighted by Gasteiger charge is -2.14. The van der Waals surface area contributed by atoms with Crippen LogP contribution in [0.1, 0.15) is 23.9 Å². The Labute approximate surface area is 146 Å². The SMILES string of the molecule is Cc1cc(C)n(CC(C)CNCc2ccc(-n3cncn3)c(F)c2)n1. The van der Waals surface area contributed by atoms with E-state index < -0.39 is 0 Å². The average molecular weight is 342 g/mol. The number of rotatable bonds is 7. The molecule has 0 amide bonds. The molecule has 2 aromatic heterocycles. The second-order valence-electron chi connectivity index (χ2n) is 6.47. The number of nitrogens with one attached hydrogen (secondary N) is 1. The van der Waals surface area contributed by atoms with Crippen LogP contribution in [0.5, 0.6) is 0 Å². The fourth-order valence-electron chi connectivity index (χ4n) is 2.86. The Balaban J connectivity index is 1.52. The first-order chi connectivity index (χ1) is 12.0. The highest BCUT2D eigenvalue weighted by molar-refractivity contribution is 5.35. The van der Waals surface area contributed by atoms with E-state index in [4.69, 9.17) is 0 Å². The number of benzene rings is 1. The second kappa shape index (κ2) is 7.57. The molecule has 0 saturated carbocycles. The number of aryl methyl sites for hydroxylation is 2. The van der Waals surface area contributed by atoms with Crippen LogP contribution in [0.2, 0.25) is 0 Å². The van der Waals surface area contributed by atoms with Crippen LogP contribution >= 0.6 is 0 Å². The molecule has 3 aromatic rings. The second-order valence-corrected chi connectivity index (χ2v) is 6.47. The lowest BCUT2D eigenvalue weighted by atomic mass is 10.1. The lowest BCUT2D eigenvalue weighted by Crippen LogP contribution is -2.24. The first-order valence-electron chi connectivity index (χ1n) is 8.38. The van der Waals surface area contributed by atoms with Crippen LogP contribution in [0.25, 0.3) is 5.69 Å². The van der Waals surface area contributed by atoms with Crippen LogP contribution in [0.4, 0.5) is 4.39 Å². The molecule has 7 heteroatoms.